The molecule has 0 aliphatic rings. The molecule has 0 aliphatic heterocycles. The Morgan fingerprint density at radius 3 is 1.93 bits per heavy atom. The number of sulfonamides is 1. The number of carbonyl (C=O) groups excluding carboxylic acids is 2. The number of anilines is 2. The van der Waals surface area contributed by atoms with Crippen molar-refractivity contribution in [3.63, 3.8) is 0 Å². The second kappa shape index (κ2) is 8.75. The maximum Gasteiger partial charge on any atom is 0.242 e. The molecule has 156 valence electrons. The van der Waals surface area contributed by atoms with Crippen molar-refractivity contribution in [2.75, 3.05) is 10.6 Å². The van der Waals surface area contributed by atoms with Crippen LogP contribution >= 0.6 is 0 Å². The summed E-state index contributed by atoms with van der Waals surface area (Å²) in [6.45, 7) is 10.1. The first kappa shape index (κ1) is 22.6. The number of benzene rings is 2. The zero-order valence-corrected chi connectivity index (χ0v) is 18.3. The highest BCUT2D eigenvalue weighted by Crippen LogP contribution is 2.26. The van der Waals surface area contributed by atoms with Gasteiger partial charge in [0.15, 0.2) is 0 Å². The lowest BCUT2D eigenvalue weighted by atomic mass is 10.0. The first-order valence-electron chi connectivity index (χ1n) is 9.20. The largest absolute Gasteiger partial charge is 0.326 e. The highest BCUT2D eigenvalue weighted by molar-refractivity contribution is 7.89. The van der Waals surface area contributed by atoms with Gasteiger partial charge < -0.3 is 10.6 Å². The quantitative estimate of drug-likeness (QED) is 0.671. The van der Waals surface area contributed by atoms with Gasteiger partial charge in [0.25, 0.3) is 0 Å². The van der Waals surface area contributed by atoms with Gasteiger partial charge in [0, 0.05) is 18.3 Å². The number of hydrogen-bond donors (Lipinski definition) is 3. The van der Waals surface area contributed by atoms with E-state index in [0.29, 0.717) is 22.5 Å². The predicted octanol–water partition coefficient (Wildman–Crippen LogP) is 3.18. The molecule has 2 aromatic rings. The monoisotopic (exact) mass is 417 g/mol. The molecule has 2 aromatic carbocycles. The first-order chi connectivity index (χ1) is 13.4. The molecule has 0 aromatic heterocycles. The van der Waals surface area contributed by atoms with Gasteiger partial charge in [-0.15, -0.1) is 0 Å². The second-order valence-electron chi connectivity index (χ2n) is 7.18. The molecule has 0 heterocycles. The number of amides is 2. The zero-order chi connectivity index (χ0) is 21.9. The average Bonchev–Trinajstić information content (AvgIpc) is 2.59. The van der Waals surface area contributed by atoms with Crippen molar-refractivity contribution in [2.45, 2.75) is 52.5 Å². The molecular weight excluding hydrogens is 390 g/mol. The van der Waals surface area contributed by atoms with E-state index in [2.05, 4.69) is 15.4 Å². The Morgan fingerprint density at radius 1 is 0.897 bits per heavy atom. The highest BCUT2D eigenvalue weighted by atomic mass is 32.2. The number of rotatable bonds is 6. The Hall–Kier alpha value is -2.71. The van der Waals surface area contributed by atoms with Gasteiger partial charge in [0.05, 0.1) is 10.9 Å². The van der Waals surface area contributed by atoms with E-state index in [1.165, 1.54) is 13.8 Å². The SMILES string of the molecule is CC(=O)Nc1cccc(NC(=O)[C@H](C)NS(=O)(=O)c2c(C)c(C)cc(C)c2C)c1. The predicted molar refractivity (Wildman–Crippen MR) is 115 cm³/mol. The fourth-order valence-corrected chi connectivity index (χ4v) is 4.88. The summed E-state index contributed by atoms with van der Waals surface area (Å²) in [6, 6.07) is 7.57. The Morgan fingerprint density at radius 2 is 1.41 bits per heavy atom. The minimum atomic E-state index is -3.90. The molecule has 0 saturated heterocycles. The third-order valence-corrected chi connectivity index (χ3v) is 6.56. The maximum absolute atomic E-state index is 13.0. The van der Waals surface area contributed by atoms with Crippen LogP contribution in [-0.2, 0) is 19.6 Å². The summed E-state index contributed by atoms with van der Waals surface area (Å²) in [5.74, 6) is -0.734. The van der Waals surface area contributed by atoms with E-state index >= 15 is 0 Å². The van der Waals surface area contributed by atoms with Gasteiger partial charge >= 0.3 is 0 Å². The molecule has 29 heavy (non-hydrogen) atoms. The molecule has 3 N–H and O–H groups in total. The van der Waals surface area contributed by atoms with Crippen molar-refractivity contribution in [3.8, 4) is 0 Å². The molecule has 8 heteroatoms. The van der Waals surface area contributed by atoms with Gasteiger partial charge in [-0.05, 0) is 75.1 Å². The standard InChI is InChI=1S/C21H27N3O4S/c1-12-10-13(2)15(4)20(14(12)3)29(27,28)24-16(5)21(26)23-19-9-7-8-18(11-19)22-17(6)25/h7-11,16,24H,1-6H3,(H,22,25)(H,23,26)/t16-/m0/s1. The Kier molecular flexibility index (Phi) is 6.81. The fraction of sp³-hybridized carbons (Fsp3) is 0.333. The van der Waals surface area contributed by atoms with Crippen molar-refractivity contribution in [1.82, 2.24) is 4.72 Å². The summed E-state index contributed by atoms with van der Waals surface area (Å²) < 4.78 is 28.4. The van der Waals surface area contributed by atoms with Crippen molar-refractivity contribution < 1.29 is 18.0 Å². The van der Waals surface area contributed by atoms with Crippen LogP contribution in [0.25, 0.3) is 0 Å². The Labute approximate surface area is 172 Å². The van der Waals surface area contributed by atoms with E-state index < -0.39 is 22.0 Å². The van der Waals surface area contributed by atoms with Gasteiger partial charge in [0.1, 0.15) is 0 Å². The number of hydrogen-bond acceptors (Lipinski definition) is 4. The van der Waals surface area contributed by atoms with Gasteiger partial charge in [-0.1, -0.05) is 12.1 Å². The molecule has 0 aliphatic carbocycles. The van der Waals surface area contributed by atoms with Crippen LogP contribution < -0.4 is 15.4 Å². The molecule has 0 unspecified atom stereocenters. The van der Waals surface area contributed by atoms with Crippen LogP contribution in [0, 0.1) is 27.7 Å². The average molecular weight is 418 g/mol. The number of aryl methyl sites for hydroxylation is 2. The van der Waals surface area contributed by atoms with Crippen LogP contribution in [0.15, 0.2) is 35.2 Å². The van der Waals surface area contributed by atoms with Crippen molar-refractivity contribution in [3.05, 3.63) is 52.6 Å². The smallest absolute Gasteiger partial charge is 0.242 e. The molecule has 7 nitrogen and oxygen atoms in total. The summed E-state index contributed by atoms with van der Waals surface area (Å²) in [7, 11) is -3.90. The maximum atomic E-state index is 13.0. The topological polar surface area (TPSA) is 104 Å². The molecule has 0 radical (unpaired) electrons. The van der Waals surface area contributed by atoms with E-state index in [-0.39, 0.29) is 10.8 Å². The third kappa shape index (κ3) is 5.42. The first-order valence-corrected chi connectivity index (χ1v) is 10.7. The molecular formula is C21H27N3O4S. The molecule has 1 atom stereocenters. The zero-order valence-electron chi connectivity index (χ0n) is 17.5. The van der Waals surface area contributed by atoms with E-state index in [1.807, 2.05) is 19.9 Å². The van der Waals surface area contributed by atoms with Crippen LogP contribution in [0.3, 0.4) is 0 Å². The molecule has 0 fully saturated rings. The highest BCUT2D eigenvalue weighted by Gasteiger charge is 2.26. The molecule has 0 bridgehead atoms. The van der Waals surface area contributed by atoms with Crippen molar-refractivity contribution in [2.24, 2.45) is 0 Å². The van der Waals surface area contributed by atoms with Crippen LogP contribution in [0.1, 0.15) is 36.1 Å². The van der Waals surface area contributed by atoms with Crippen molar-refractivity contribution >= 4 is 33.2 Å². The molecule has 0 spiro atoms. The lowest BCUT2D eigenvalue weighted by molar-refractivity contribution is -0.117. The molecule has 2 rings (SSSR count). The van der Waals surface area contributed by atoms with Crippen LogP contribution in [0.2, 0.25) is 0 Å². The minimum Gasteiger partial charge on any atom is -0.326 e. The Bertz CT molecular complexity index is 1040. The fourth-order valence-electron chi connectivity index (χ4n) is 3.06. The van der Waals surface area contributed by atoms with Gasteiger partial charge in [-0.3, -0.25) is 9.59 Å². The Balaban J connectivity index is 2.21. The van der Waals surface area contributed by atoms with Gasteiger partial charge in [-0.2, -0.15) is 4.72 Å². The van der Waals surface area contributed by atoms with Crippen molar-refractivity contribution in [1.29, 1.82) is 0 Å². The summed E-state index contributed by atoms with van der Waals surface area (Å²) in [4.78, 5) is 23.9. The lowest BCUT2D eigenvalue weighted by Crippen LogP contribution is -2.42. The van der Waals surface area contributed by atoms with Crippen LogP contribution in [-0.4, -0.2) is 26.3 Å². The third-order valence-electron chi connectivity index (χ3n) is 4.74. The van der Waals surface area contributed by atoms with Gasteiger partial charge in [0.2, 0.25) is 21.8 Å². The summed E-state index contributed by atoms with van der Waals surface area (Å²) in [5.41, 5.74) is 4.06. The number of carbonyl (C=O) groups is 2. The van der Waals surface area contributed by atoms with Gasteiger partial charge in [-0.25, -0.2) is 8.42 Å². The summed E-state index contributed by atoms with van der Waals surface area (Å²) in [5, 5.41) is 5.29. The molecule has 2 amide bonds. The van der Waals surface area contributed by atoms with Crippen LogP contribution in [0.4, 0.5) is 11.4 Å². The molecule has 0 saturated carbocycles. The van der Waals surface area contributed by atoms with E-state index in [9.17, 15) is 18.0 Å². The van der Waals surface area contributed by atoms with Crippen LogP contribution in [0.5, 0.6) is 0 Å². The number of nitrogens with one attached hydrogen (secondary N) is 3. The normalized spacial score (nSPS) is 12.3. The van der Waals surface area contributed by atoms with E-state index in [1.54, 1.807) is 38.1 Å². The van der Waals surface area contributed by atoms with E-state index in [0.717, 1.165) is 11.1 Å². The van der Waals surface area contributed by atoms with E-state index in [4.69, 9.17) is 0 Å². The summed E-state index contributed by atoms with van der Waals surface area (Å²) in [6.07, 6.45) is 0. The lowest BCUT2D eigenvalue weighted by Gasteiger charge is -2.19. The minimum absolute atomic E-state index is 0.210. The summed E-state index contributed by atoms with van der Waals surface area (Å²) >= 11 is 0. The second-order valence-corrected chi connectivity index (χ2v) is 8.83.